The van der Waals surface area contributed by atoms with Crippen LogP contribution in [0.3, 0.4) is 0 Å². The smallest absolute Gasteiger partial charge is 0.286 e. The highest BCUT2D eigenvalue weighted by Gasteiger charge is 2.38. The van der Waals surface area contributed by atoms with E-state index in [4.69, 9.17) is 33.5 Å². The minimum atomic E-state index is -0.661. The van der Waals surface area contributed by atoms with Crippen LogP contribution in [0.15, 0.2) is 54.3 Å². The van der Waals surface area contributed by atoms with Crippen molar-refractivity contribution in [2.75, 3.05) is 46.4 Å². The molecule has 11 nitrogen and oxygen atoms in total. The second-order valence-corrected chi connectivity index (χ2v) is 9.40. The van der Waals surface area contributed by atoms with E-state index >= 15 is 0 Å². The predicted molar refractivity (Wildman–Crippen MR) is 145 cm³/mol. The number of aromatic amines is 1. The third kappa shape index (κ3) is 6.73. The number of nitrogens with one attached hydrogen (secondary N) is 2. The number of nitrogens with zero attached hydrogens (tertiary/aromatic N) is 1. The van der Waals surface area contributed by atoms with E-state index in [1.807, 2.05) is 55.5 Å². The van der Waals surface area contributed by atoms with Crippen molar-refractivity contribution in [2.24, 2.45) is 5.92 Å². The van der Waals surface area contributed by atoms with Gasteiger partial charge in [0.25, 0.3) is 5.91 Å². The number of carbonyl (C=O) groups is 1. The van der Waals surface area contributed by atoms with Gasteiger partial charge in [-0.1, -0.05) is 18.2 Å². The van der Waals surface area contributed by atoms with E-state index < -0.39 is 6.29 Å². The summed E-state index contributed by atoms with van der Waals surface area (Å²) >= 11 is 0. The topological polar surface area (TPSA) is 133 Å². The van der Waals surface area contributed by atoms with Crippen molar-refractivity contribution in [1.82, 2.24) is 15.3 Å². The van der Waals surface area contributed by atoms with E-state index in [9.17, 15) is 4.79 Å². The standard InChI is InChI=1S/C29H35N3O8/c1-2-37-29-20(9-11-35-13-14-36-12-10-33)21(19-7-8-24-25(15-19)39-18-38-24)16-26(40-29)28(34)30-17-27-31-22-5-3-4-6-23(22)32-27/h3-8,15-16,20-21,29,33H,2,9-14,17-18H2,1H3,(H,30,34)(H,31,32). The van der Waals surface area contributed by atoms with Gasteiger partial charge in [0.2, 0.25) is 13.1 Å². The van der Waals surface area contributed by atoms with Crippen LogP contribution in [0.25, 0.3) is 11.0 Å². The summed E-state index contributed by atoms with van der Waals surface area (Å²) in [5.41, 5.74) is 2.70. The number of aromatic nitrogens is 2. The summed E-state index contributed by atoms with van der Waals surface area (Å²) < 4.78 is 34.3. The number of para-hydroxylation sites is 2. The first-order valence-electron chi connectivity index (χ1n) is 13.5. The molecule has 2 aromatic carbocycles. The molecule has 0 fully saturated rings. The van der Waals surface area contributed by atoms with Gasteiger partial charge in [0, 0.05) is 25.0 Å². The number of benzene rings is 2. The minimum Gasteiger partial charge on any atom is -0.459 e. The molecule has 0 spiro atoms. The molecule has 0 saturated heterocycles. The quantitative estimate of drug-likeness (QED) is 0.258. The number of H-pyrrole nitrogens is 1. The van der Waals surface area contributed by atoms with Crippen molar-refractivity contribution in [3.63, 3.8) is 0 Å². The lowest BCUT2D eigenvalue weighted by Gasteiger charge is -2.37. The third-order valence-electron chi connectivity index (χ3n) is 6.78. The molecule has 0 aliphatic carbocycles. The van der Waals surface area contributed by atoms with Gasteiger partial charge in [0.15, 0.2) is 17.3 Å². The van der Waals surface area contributed by atoms with Crippen LogP contribution < -0.4 is 14.8 Å². The number of amides is 1. The largest absolute Gasteiger partial charge is 0.459 e. The lowest BCUT2D eigenvalue weighted by Crippen LogP contribution is -2.39. The molecule has 11 heteroatoms. The number of imidazole rings is 1. The maximum atomic E-state index is 13.3. The van der Waals surface area contributed by atoms with Crippen LogP contribution in [0.2, 0.25) is 0 Å². The first kappa shape index (κ1) is 27.9. The van der Waals surface area contributed by atoms with E-state index in [-0.39, 0.29) is 50.1 Å². The molecule has 3 atom stereocenters. The Morgan fingerprint density at radius 1 is 1.10 bits per heavy atom. The van der Waals surface area contributed by atoms with Crippen molar-refractivity contribution < 1.29 is 38.3 Å². The third-order valence-corrected chi connectivity index (χ3v) is 6.78. The van der Waals surface area contributed by atoms with E-state index in [1.165, 1.54) is 0 Å². The Balaban J connectivity index is 1.32. The van der Waals surface area contributed by atoms with Gasteiger partial charge in [-0.05, 0) is 49.2 Å². The number of aliphatic hydroxyl groups excluding tert-OH is 1. The lowest BCUT2D eigenvalue weighted by atomic mass is 9.81. The monoisotopic (exact) mass is 553 g/mol. The molecule has 3 unspecified atom stereocenters. The molecule has 0 saturated carbocycles. The fourth-order valence-corrected chi connectivity index (χ4v) is 4.88. The molecule has 5 rings (SSSR count). The molecule has 3 N–H and O–H groups in total. The highest BCUT2D eigenvalue weighted by molar-refractivity contribution is 5.91. The summed E-state index contributed by atoms with van der Waals surface area (Å²) in [5.74, 6) is 1.49. The minimum absolute atomic E-state index is 0.0207. The number of ether oxygens (including phenoxy) is 6. The number of rotatable bonds is 14. The first-order chi connectivity index (χ1) is 19.7. The Hall–Kier alpha value is -3.64. The molecule has 40 heavy (non-hydrogen) atoms. The molecule has 3 heterocycles. The van der Waals surface area contributed by atoms with Gasteiger partial charge in [-0.15, -0.1) is 0 Å². The molecular formula is C29H35N3O8. The Kier molecular flexibility index (Phi) is 9.50. The van der Waals surface area contributed by atoms with Crippen LogP contribution in [0.4, 0.5) is 0 Å². The van der Waals surface area contributed by atoms with Crippen LogP contribution in [0, 0.1) is 5.92 Å². The second-order valence-electron chi connectivity index (χ2n) is 9.40. The summed E-state index contributed by atoms with van der Waals surface area (Å²) in [6.45, 7) is 4.22. The number of hydrogen-bond donors (Lipinski definition) is 3. The zero-order valence-electron chi connectivity index (χ0n) is 22.5. The summed E-state index contributed by atoms with van der Waals surface area (Å²) in [6.07, 6.45) is 1.80. The van der Waals surface area contributed by atoms with E-state index in [0.29, 0.717) is 50.2 Å². The molecule has 3 aromatic rings. The number of carbonyl (C=O) groups excluding carboxylic acids is 1. The fraction of sp³-hybridized carbons (Fsp3) is 0.448. The molecule has 2 aliphatic heterocycles. The van der Waals surface area contributed by atoms with Gasteiger partial charge >= 0.3 is 0 Å². The SMILES string of the molecule is CCOC1OC(C(=O)NCc2nc3ccccc3[nH]2)=CC(c2ccc3c(c2)OCO3)C1CCOCCOCCO. The maximum absolute atomic E-state index is 13.3. The number of aliphatic hydroxyl groups is 1. The molecule has 214 valence electrons. The fourth-order valence-electron chi connectivity index (χ4n) is 4.88. The van der Waals surface area contributed by atoms with Gasteiger partial charge in [-0.25, -0.2) is 4.98 Å². The molecule has 1 aromatic heterocycles. The number of fused-ring (bicyclic) bond motifs is 2. The highest BCUT2D eigenvalue weighted by atomic mass is 16.7. The van der Waals surface area contributed by atoms with E-state index in [1.54, 1.807) is 0 Å². The van der Waals surface area contributed by atoms with Crippen molar-refractivity contribution in [3.8, 4) is 11.5 Å². The Bertz CT molecular complexity index is 1280. The summed E-state index contributed by atoms with van der Waals surface area (Å²) in [5, 5.41) is 11.8. The van der Waals surface area contributed by atoms with Crippen molar-refractivity contribution in [3.05, 3.63) is 65.7 Å². The van der Waals surface area contributed by atoms with Crippen molar-refractivity contribution in [2.45, 2.75) is 32.1 Å². The van der Waals surface area contributed by atoms with Crippen LogP contribution in [0.1, 0.15) is 30.7 Å². The Morgan fingerprint density at radius 2 is 1.93 bits per heavy atom. The van der Waals surface area contributed by atoms with Crippen LogP contribution >= 0.6 is 0 Å². The predicted octanol–water partition coefficient (Wildman–Crippen LogP) is 3.00. The maximum Gasteiger partial charge on any atom is 0.286 e. The number of hydrogen-bond acceptors (Lipinski definition) is 9. The zero-order chi connectivity index (χ0) is 27.7. The lowest BCUT2D eigenvalue weighted by molar-refractivity contribution is -0.168. The van der Waals surface area contributed by atoms with Crippen LogP contribution in [0.5, 0.6) is 11.5 Å². The average molecular weight is 554 g/mol. The summed E-state index contributed by atoms with van der Waals surface area (Å²) in [6, 6.07) is 13.5. The molecule has 1 amide bonds. The van der Waals surface area contributed by atoms with Crippen molar-refractivity contribution >= 4 is 16.9 Å². The van der Waals surface area contributed by atoms with Gasteiger partial charge < -0.3 is 43.8 Å². The van der Waals surface area contributed by atoms with Gasteiger partial charge in [-0.3, -0.25) is 4.79 Å². The van der Waals surface area contributed by atoms with E-state index in [2.05, 4.69) is 15.3 Å². The van der Waals surface area contributed by atoms with Crippen LogP contribution in [-0.4, -0.2) is 73.7 Å². The zero-order valence-corrected chi connectivity index (χ0v) is 22.5. The highest BCUT2D eigenvalue weighted by Crippen LogP contribution is 2.42. The van der Waals surface area contributed by atoms with E-state index in [0.717, 1.165) is 16.6 Å². The molecular weight excluding hydrogens is 518 g/mol. The second kappa shape index (κ2) is 13.6. The van der Waals surface area contributed by atoms with Gasteiger partial charge in [0.1, 0.15) is 5.82 Å². The molecule has 2 aliphatic rings. The summed E-state index contributed by atoms with van der Waals surface area (Å²) in [7, 11) is 0. The number of allylic oxidation sites excluding steroid dienone is 1. The average Bonchev–Trinajstić information content (AvgIpc) is 3.62. The normalized spacial score (nSPS) is 19.9. The van der Waals surface area contributed by atoms with Crippen LogP contribution in [-0.2, 0) is 30.3 Å². The Labute approximate surface area is 232 Å². The summed E-state index contributed by atoms with van der Waals surface area (Å²) in [4.78, 5) is 21.0. The first-order valence-corrected chi connectivity index (χ1v) is 13.5. The van der Waals surface area contributed by atoms with Crippen molar-refractivity contribution in [1.29, 1.82) is 0 Å². The molecule has 0 radical (unpaired) electrons. The Morgan fingerprint density at radius 3 is 2.75 bits per heavy atom. The van der Waals surface area contributed by atoms with Gasteiger partial charge in [0.05, 0.1) is 44.0 Å². The molecule has 0 bridgehead atoms. The van der Waals surface area contributed by atoms with Gasteiger partial charge in [-0.2, -0.15) is 0 Å².